The van der Waals surface area contributed by atoms with Crippen molar-refractivity contribution >= 4 is 5.97 Å². The quantitative estimate of drug-likeness (QED) is 0.547. The van der Waals surface area contributed by atoms with Crippen molar-refractivity contribution in [3.05, 3.63) is 23.3 Å². The summed E-state index contributed by atoms with van der Waals surface area (Å²) in [4.78, 5) is 11.6. The molecule has 0 aromatic rings. The van der Waals surface area contributed by atoms with E-state index in [1.807, 2.05) is 0 Å². The van der Waals surface area contributed by atoms with E-state index in [0.717, 1.165) is 50.5 Å². The summed E-state index contributed by atoms with van der Waals surface area (Å²) in [5.41, 5.74) is 2.72. The molecule has 5 rings (SSSR count). The number of aliphatic hydroxyl groups is 2. The topological polar surface area (TPSA) is 66.8 Å². The Kier molecular flexibility index (Phi) is 3.94. The number of esters is 1. The number of carbonyl (C=O) groups is 1. The predicted molar refractivity (Wildman–Crippen MR) is 102 cm³/mol. The van der Waals surface area contributed by atoms with Crippen LogP contribution in [0.4, 0.5) is 0 Å². The molecular formula is C23H32O4. The molecule has 4 nitrogen and oxygen atoms in total. The van der Waals surface area contributed by atoms with Crippen molar-refractivity contribution in [2.75, 3.05) is 6.61 Å². The molecule has 4 aliphatic carbocycles. The predicted octanol–water partition coefficient (Wildman–Crippen LogP) is 3.38. The Morgan fingerprint density at radius 3 is 2.74 bits per heavy atom. The third-order valence-corrected chi connectivity index (χ3v) is 9.11. The van der Waals surface area contributed by atoms with E-state index in [0.29, 0.717) is 24.4 Å². The van der Waals surface area contributed by atoms with Gasteiger partial charge in [0.25, 0.3) is 0 Å². The SMILES string of the molecule is C[C@]12CC[C@H](O)C[C@H]1CC[C@H]1C3=CC[C@H](C4=CC(=O)OC4)[C@@]3(C)C[C@@H](O)[C@@H]12. The molecule has 3 saturated carbocycles. The van der Waals surface area contributed by atoms with Crippen molar-refractivity contribution in [2.45, 2.75) is 71.0 Å². The maximum Gasteiger partial charge on any atom is 0.331 e. The van der Waals surface area contributed by atoms with Crippen molar-refractivity contribution in [3.63, 3.8) is 0 Å². The molecule has 8 atom stereocenters. The van der Waals surface area contributed by atoms with Gasteiger partial charge in [0, 0.05) is 6.08 Å². The summed E-state index contributed by atoms with van der Waals surface area (Å²) in [6.45, 7) is 5.10. The van der Waals surface area contributed by atoms with Crippen molar-refractivity contribution in [1.29, 1.82) is 0 Å². The number of hydrogen-bond acceptors (Lipinski definition) is 4. The van der Waals surface area contributed by atoms with E-state index < -0.39 is 0 Å². The fourth-order valence-corrected chi connectivity index (χ4v) is 7.85. The van der Waals surface area contributed by atoms with E-state index in [9.17, 15) is 15.0 Å². The van der Waals surface area contributed by atoms with Gasteiger partial charge in [-0.1, -0.05) is 25.5 Å². The van der Waals surface area contributed by atoms with Crippen molar-refractivity contribution in [1.82, 2.24) is 0 Å². The number of carbonyl (C=O) groups excluding carboxylic acids is 1. The second kappa shape index (κ2) is 5.93. The molecule has 1 aliphatic heterocycles. The number of ether oxygens (including phenoxy) is 1. The maximum atomic E-state index is 11.6. The first kappa shape index (κ1) is 17.9. The smallest absolute Gasteiger partial charge is 0.331 e. The van der Waals surface area contributed by atoms with E-state index in [1.165, 1.54) is 5.57 Å². The van der Waals surface area contributed by atoms with Crippen molar-refractivity contribution in [3.8, 4) is 0 Å². The molecule has 0 aromatic heterocycles. The molecule has 0 aromatic carbocycles. The molecule has 0 unspecified atom stereocenters. The van der Waals surface area contributed by atoms with Crippen LogP contribution in [0.3, 0.4) is 0 Å². The van der Waals surface area contributed by atoms with Gasteiger partial charge in [0.2, 0.25) is 0 Å². The van der Waals surface area contributed by atoms with Crippen LogP contribution in [-0.4, -0.2) is 35.0 Å². The molecule has 0 radical (unpaired) electrons. The second-order valence-electron chi connectivity index (χ2n) is 10.3. The molecule has 5 aliphatic rings. The van der Waals surface area contributed by atoms with Gasteiger partial charge in [-0.25, -0.2) is 4.79 Å². The maximum absolute atomic E-state index is 11.6. The van der Waals surface area contributed by atoms with Crippen LogP contribution in [0.25, 0.3) is 0 Å². The lowest BCUT2D eigenvalue weighted by atomic mass is 9.45. The van der Waals surface area contributed by atoms with Crippen LogP contribution in [0.1, 0.15) is 58.8 Å². The van der Waals surface area contributed by atoms with Crippen LogP contribution >= 0.6 is 0 Å². The van der Waals surface area contributed by atoms with E-state index in [2.05, 4.69) is 19.9 Å². The Morgan fingerprint density at radius 1 is 1.19 bits per heavy atom. The third kappa shape index (κ3) is 2.45. The minimum atomic E-state index is -0.306. The standard InChI is InChI=1S/C23H32O4/c1-22-8-7-15(24)10-14(22)3-4-16-18-6-5-17(13-9-20(26)27-12-13)23(18,2)11-19(25)21(16)22/h6,9,14-17,19,21,24-25H,3-5,7-8,10-12H2,1-2H3/t14-,15+,16+,17-,19-,21-,22+,23-/m1/s1. The monoisotopic (exact) mass is 372 g/mol. The van der Waals surface area contributed by atoms with Gasteiger partial charge in [-0.2, -0.15) is 0 Å². The summed E-state index contributed by atoms with van der Waals surface area (Å²) < 4.78 is 5.19. The van der Waals surface area contributed by atoms with Crippen LogP contribution in [0.2, 0.25) is 0 Å². The summed E-state index contributed by atoms with van der Waals surface area (Å²) in [5.74, 6) is 1.34. The highest BCUT2D eigenvalue weighted by atomic mass is 16.5. The van der Waals surface area contributed by atoms with Gasteiger partial charge in [0.1, 0.15) is 6.61 Å². The Morgan fingerprint density at radius 2 is 2.00 bits per heavy atom. The van der Waals surface area contributed by atoms with Crippen LogP contribution < -0.4 is 0 Å². The molecule has 2 N–H and O–H groups in total. The molecule has 0 amide bonds. The summed E-state index contributed by atoms with van der Waals surface area (Å²) in [7, 11) is 0. The van der Waals surface area contributed by atoms with Crippen molar-refractivity contribution < 1.29 is 19.7 Å². The Hall–Kier alpha value is -1.13. The average Bonchev–Trinajstić information content (AvgIpc) is 3.17. The first-order chi connectivity index (χ1) is 12.8. The summed E-state index contributed by atoms with van der Waals surface area (Å²) >= 11 is 0. The fourth-order valence-electron chi connectivity index (χ4n) is 7.85. The van der Waals surface area contributed by atoms with Crippen LogP contribution in [0.15, 0.2) is 23.3 Å². The van der Waals surface area contributed by atoms with Gasteiger partial charge in [0.05, 0.1) is 12.2 Å². The minimum absolute atomic E-state index is 0.0578. The third-order valence-electron chi connectivity index (χ3n) is 9.11. The van der Waals surface area contributed by atoms with E-state index in [4.69, 9.17) is 4.74 Å². The minimum Gasteiger partial charge on any atom is -0.458 e. The number of allylic oxidation sites excluding steroid dienone is 2. The normalized spacial score (nSPS) is 51.6. The zero-order chi connectivity index (χ0) is 19.0. The highest BCUT2D eigenvalue weighted by Crippen LogP contribution is 2.66. The Bertz CT molecular complexity index is 724. The number of cyclic esters (lactones) is 1. The number of fused-ring (bicyclic) bond motifs is 5. The highest BCUT2D eigenvalue weighted by Gasteiger charge is 2.61. The molecule has 1 heterocycles. The van der Waals surface area contributed by atoms with Gasteiger partial charge < -0.3 is 14.9 Å². The molecule has 0 spiro atoms. The highest BCUT2D eigenvalue weighted by molar-refractivity contribution is 5.85. The second-order valence-corrected chi connectivity index (χ2v) is 10.3. The van der Waals surface area contributed by atoms with Crippen molar-refractivity contribution in [2.24, 2.45) is 34.5 Å². The van der Waals surface area contributed by atoms with Gasteiger partial charge in [-0.15, -0.1) is 0 Å². The van der Waals surface area contributed by atoms with E-state index in [1.54, 1.807) is 6.08 Å². The fraction of sp³-hybridized carbons (Fsp3) is 0.783. The molecule has 148 valence electrons. The first-order valence-corrected chi connectivity index (χ1v) is 10.8. The van der Waals surface area contributed by atoms with Crippen LogP contribution in [-0.2, 0) is 9.53 Å². The van der Waals surface area contributed by atoms with Gasteiger partial charge in [0.15, 0.2) is 0 Å². The van der Waals surface area contributed by atoms with Crippen LogP contribution in [0.5, 0.6) is 0 Å². The van der Waals surface area contributed by atoms with Crippen LogP contribution in [0, 0.1) is 34.5 Å². The van der Waals surface area contributed by atoms with E-state index >= 15 is 0 Å². The van der Waals surface area contributed by atoms with Gasteiger partial charge in [-0.05, 0) is 85.0 Å². The van der Waals surface area contributed by atoms with Gasteiger partial charge in [-0.3, -0.25) is 0 Å². The lowest BCUT2D eigenvalue weighted by Gasteiger charge is -2.61. The van der Waals surface area contributed by atoms with E-state index in [-0.39, 0.29) is 34.9 Å². The Labute approximate surface area is 161 Å². The molecule has 4 heteroatoms. The summed E-state index contributed by atoms with van der Waals surface area (Å²) in [6, 6.07) is 0. The zero-order valence-electron chi connectivity index (χ0n) is 16.5. The summed E-state index contributed by atoms with van der Waals surface area (Å²) in [6.07, 6.45) is 10.5. The average molecular weight is 373 g/mol. The number of rotatable bonds is 1. The zero-order valence-corrected chi connectivity index (χ0v) is 16.5. The van der Waals surface area contributed by atoms with Gasteiger partial charge >= 0.3 is 5.97 Å². The number of aliphatic hydroxyl groups excluding tert-OH is 2. The lowest BCUT2D eigenvalue weighted by molar-refractivity contribution is -0.136. The molecule has 0 saturated heterocycles. The lowest BCUT2D eigenvalue weighted by Crippen LogP contribution is -2.57. The largest absolute Gasteiger partial charge is 0.458 e. The molecular weight excluding hydrogens is 340 g/mol. The summed E-state index contributed by atoms with van der Waals surface area (Å²) in [5, 5.41) is 21.6. The molecule has 0 bridgehead atoms. The molecule has 3 fully saturated rings. The Balaban J connectivity index is 1.48. The first-order valence-electron chi connectivity index (χ1n) is 10.8. The molecule has 27 heavy (non-hydrogen) atoms. The number of hydrogen-bond donors (Lipinski definition) is 2.